The number of nitrogens with one attached hydrogen (secondary N) is 2. The van der Waals surface area contributed by atoms with Gasteiger partial charge in [-0.05, 0) is 24.6 Å². The molecule has 1 aromatic carbocycles. The van der Waals surface area contributed by atoms with E-state index in [1.165, 1.54) is 11.3 Å². The second-order valence-electron chi connectivity index (χ2n) is 5.00. The Balaban J connectivity index is 1.70. The average Bonchev–Trinajstić information content (AvgIpc) is 2.76. The van der Waals surface area contributed by atoms with Crippen LogP contribution in [-0.4, -0.2) is 23.4 Å². The van der Waals surface area contributed by atoms with Crippen LogP contribution in [0.2, 0.25) is 0 Å². The van der Waals surface area contributed by atoms with Gasteiger partial charge in [0, 0.05) is 5.38 Å². The molecule has 0 aliphatic carbocycles. The molecule has 0 radical (unpaired) electrons. The van der Waals surface area contributed by atoms with E-state index in [1.807, 2.05) is 18.4 Å². The Hall–Kier alpha value is -2.41. The predicted octanol–water partition coefficient (Wildman–Crippen LogP) is 2.35. The normalized spacial score (nSPS) is 13.6. The number of carbonyl (C=O) groups is 2. The number of anilines is 2. The monoisotopic (exact) mass is 317 g/mol. The Morgan fingerprint density at radius 3 is 3.14 bits per heavy atom. The maximum Gasteiger partial charge on any atom is 0.230 e. The highest BCUT2D eigenvalue weighted by Crippen LogP contribution is 2.28. The minimum absolute atomic E-state index is 0.0846. The van der Waals surface area contributed by atoms with Gasteiger partial charge >= 0.3 is 0 Å². The van der Waals surface area contributed by atoms with Gasteiger partial charge in [-0.2, -0.15) is 0 Å². The Kier molecular flexibility index (Phi) is 4.06. The SMILES string of the molecule is Cc1csc(NC(=O)Cc2ccc3c(c2)NC(=O)CCO3)n1. The number of amides is 2. The zero-order valence-corrected chi connectivity index (χ0v) is 12.8. The van der Waals surface area contributed by atoms with Crippen molar-refractivity contribution in [3.05, 3.63) is 34.8 Å². The molecule has 0 unspecified atom stereocenters. The molecule has 2 aromatic rings. The summed E-state index contributed by atoms with van der Waals surface area (Å²) in [6.45, 7) is 2.24. The molecule has 1 aliphatic heterocycles. The maximum atomic E-state index is 12.0. The molecule has 0 bridgehead atoms. The summed E-state index contributed by atoms with van der Waals surface area (Å²) in [7, 11) is 0. The quantitative estimate of drug-likeness (QED) is 0.910. The molecule has 3 rings (SSSR count). The van der Waals surface area contributed by atoms with Gasteiger partial charge in [-0.25, -0.2) is 4.98 Å². The first kappa shape index (κ1) is 14.5. The third-order valence-corrected chi connectivity index (χ3v) is 4.01. The number of benzene rings is 1. The van der Waals surface area contributed by atoms with E-state index >= 15 is 0 Å². The van der Waals surface area contributed by atoms with Gasteiger partial charge in [0.1, 0.15) is 5.75 Å². The second-order valence-corrected chi connectivity index (χ2v) is 5.85. The Bertz CT molecular complexity index is 727. The molecule has 2 N–H and O–H groups in total. The van der Waals surface area contributed by atoms with E-state index in [-0.39, 0.29) is 18.2 Å². The van der Waals surface area contributed by atoms with E-state index in [0.717, 1.165) is 11.3 Å². The summed E-state index contributed by atoms with van der Waals surface area (Å²) in [6, 6.07) is 5.37. The molecule has 1 aliphatic rings. The van der Waals surface area contributed by atoms with E-state index in [2.05, 4.69) is 15.6 Å². The van der Waals surface area contributed by atoms with Crippen molar-refractivity contribution in [2.24, 2.45) is 0 Å². The predicted molar refractivity (Wildman–Crippen MR) is 84.4 cm³/mol. The van der Waals surface area contributed by atoms with Crippen molar-refractivity contribution in [3.63, 3.8) is 0 Å². The van der Waals surface area contributed by atoms with Crippen LogP contribution in [0.3, 0.4) is 0 Å². The molecule has 0 atom stereocenters. The Morgan fingerprint density at radius 1 is 1.50 bits per heavy atom. The second kappa shape index (κ2) is 6.15. The molecular formula is C15H15N3O3S. The first-order valence-corrected chi connectivity index (χ1v) is 7.76. The lowest BCUT2D eigenvalue weighted by molar-refractivity contribution is -0.116. The van der Waals surface area contributed by atoms with Crippen LogP contribution in [0.4, 0.5) is 10.8 Å². The van der Waals surface area contributed by atoms with Crippen molar-refractivity contribution >= 4 is 34.0 Å². The lowest BCUT2D eigenvalue weighted by atomic mass is 10.1. The Labute approximate surface area is 131 Å². The third kappa shape index (κ3) is 3.43. The van der Waals surface area contributed by atoms with E-state index in [9.17, 15) is 9.59 Å². The van der Waals surface area contributed by atoms with Crippen molar-refractivity contribution in [2.45, 2.75) is 19.8 Å². The van der Waals surface area contributed by atoms with Crippen molar-refractivity contribution < 1.29 is 14.3 Å². The van der Waals surface area contributed by atoms with E-state index in [0.29, 0.717) is 29.6 Å². The number of aromatic nitrogens is 1. The van der Waals surface area contributed by atoms with Crippen LogP contribution in [0.25, 0.3) is 0 Å². The topological polar surface area (TPSA) is 80.3 Å². The van der Waals surface area contributed by atoms with Gasteiger partial charge in [-0.15, -0.1) is 11.3 Å². The molecular weight excluding hydrogens is 302 g/mol. The third-order valence-electron chi connectivity index (χ3n) is 3.13. The zero-order chi connectivity index (χ0) is 15.5. The number of aryl methyl sites for hydroxylation is 1. The molecule has 0 fully saturated rings. The van der Waals surface area contributed by atoms with Gasteiger partial charge < -0.3 is 15.4 Å². The van der Waals surface area contributed by atoms with Crippen molar-refractivity contribution in [1.29, 1.82) is 0 Å². The molecule has 7 heteroatoms. The lowest BCUT2D eigenvalue weighted by Gasteiger charge is -2.09. The average molecular weight is 317 g/mol. The summed E-state index contributed by atoms with van der Waals surface area (Å²) in [5.41, 5.74) is 2.29. The lowest BCUT2D eigenvalue weighted by Crippen LogP contribution is -2.14. The fourth-order valence-corrected chi connectivity index (χ4v) is 2.84. The molecule has 2 heterocycles. The zero-order valence-electron chi connectivity index (χ0n) is 12.0. The van der Waals surface area contributed by atoms with Crippen LogP contribution in [0, 0.1) is 6.92 Å². The Morgan fingerprint density at radius 2 is 2.36 bits per heavy atom. The summed E-state index contributed by atoms with van der Waals surface area (Å²) in [4.78, 5) is 27.8. The summed E-state index contributed by atoms with van der Waals surface area (Å²) in [5.74, 6) is 0.402. The van der Waals surface area contributed by atoms with Crippen LogP contribution in [0.5, 0.6) is 5.75 Å². The highest BCUT2D eigenvalue weighted by atomic mass is 32.1. The van der Waals surface area contributed by atoms with Crippen LogP contribution in [0.15, 0.2) is 23.6 Å². The highest BCUT2D eigenvalue weighted by Gasteiger charge is 2.15. The van der Waals surface area contributed by atoms with Gasteiger partial charge in [0.05, 0.1) is 30.8 Å². The molecule has 0 spiro atoms. The summed E-state index contributed by atoms with van der Waals surface area (Å²) >= 11 is 1.39. The standard InChI is InChI=1S/C15H15N3O3S/c1-9-8-22-15(16-9)18-14(20)7-10-2-3-12-11(6-10)17-13(19)4-5-21-12/h2-3,6,8H,4-5,7H2,1H3,(H,17,19)(H,16,18,20). The smallest absolute Gasteiger partial charge is 0.230 e. The largest absolute Gasteiger partial charge is 0.491 e. The number of rotatable bonds is 3. The first-order valence-electron chi connectivity index (χ1n) is 6.88. The highest BCUT2D eigenvalue weighted by molar-refractivity contribution is 7.13. The van der Waals surface area contributed by atoms with Crippen LogP contribution < -0.4 is 15.4 Å². The minimum atomic E-state index is -0.143. The van der Waals surface area contributed by atoms with Gasteiger partial charge in [-0.1, -0.05) is 6.07 Å². The van der Waals surface area contributed by atoms with E-state index < -0.39 is 0 Å². The number of hydrogen-bond acceptors (Lipinski definition) is 5. The van der Waals surface area contributed by atoms with Gasteiger partial charge in [0.15, 0.2) is 5.13 Å². The maximum absolute atomic E-state index is 12.0. The number of carbonyl (C=O) groups excluding carboxylic acids is 2. The van der Waals surface area contributed by atoms with Crippen LogP contribution in [-0.2, 0) is 16.0 Å². The van der Waals surface area contributed by atoms with E-state index in [1.54, 1.807) is 12.1 Å². The van der Waals surface area contributed by atoms with Gasteiger partial charge in [-0.3, -0.25) is 9.59 Å². The molecule has 6 nitrogen and oxygen atoms in total. The summed E-state index contributed by atoms with van der Waals surface area (Å²) in [6.07, 6.45) is 0.537. The van der Waals surface area contributed by atoms with E-state index in [4.69, 9.17) is 4.74 Å². The molecule has 1 aromatic heterocycles. The number of fused-ring (bicyclic) bond motifs is 1. The van der Waals surface area contributed by atoms with Gasteiger partial charge in [0.2, 0.25) is 11.8 Å². The van der Waals surface area contributed by atoms with Crippen molar-refractivity contribution in [3.8, 4) is 5.75 Å². The molecule has 0 saturated heterocycles. The van der Waals surface area contributed by atoms with Crippen LogP contribution >= 0.6 is 11.3 Å². The molecule has 114 valence electrons. The molecule has 0 saturated carbocycles. The summed E-state index contributed by atoms with van der Waals surface area (Å²) < 4.78 is 5.49. The number of ether oxygens (including phenoxy) is 1. The minimum Gasteiger partial charge on any atom is -0.491 e. The fourth-order valence-electron chi connectivity index (χ4n) is 2.14. The van der Waals surface area contributed by atoms with Crippen molar-refractivity contribution in [2.75, 3.05) is 17.2 Å². The van der Waals surface area contributed by atoms with Crippen LogP contribution in [0.1, 0.15) is 17.7 Å². The number of nitrogens with zero attached hydrogens (tertiary/aromatic N) is 1. The van der Waals surface area contributed by atoms with Crippen molar-refractivity contribution in [1.82, 2.24) is 4.98 Å². The molecule has 22 heavy (non-hydrogen) atoms. The number of thiazole rings is 1. The first-order chi connectivity index (χ1) is 10.6. The summed E-state index contributed by atoms with van der Waals surface area (Å²) in [5, 5.41) is 8.02. The number of hydrogen-bond donors (Lipinski definition) is 2. The molecule has 2 amide bonds. The fraction of sp³-hybridized carbons (Fsp3) is 0.267. The van der Waals surface area contributed by atoms with Gasteiger partial charge in [0.25, 0.3) is 0 Å².